The van der Waals surface area contributed by atoms with E-state index < -0.39 is 39.3 Å². The largest absolute Gasteiger partial charge is 0.430 e. The van der Waals surface area contributed by atoms with Gasteiger partial charge in [0.25, 0.3) is 5.60 Å². The van der Waals surface area contributed by atoms with Gasteiger partial charge >= 0.3 is 12.4 Å². The molecule has 0 aliphatic carbocycles. The molecule has 0 saturated carbocycles. The van der Waals surface area contributed by atoms with Crippen molar-refractivity contribution in [3.63, 3.8) is 0 Å². The summed E-state index contributed by atoms with van der Waals surface area (Å²) in [7, 11) is -3.70. The first-order valence-corrected chi connectivity index (χ1v) is 9.96. The fraction of sp³-hybridized carbons (Fsp3) is 0.278. The van der Waals surface area contributed by atoms with Crippen LogP contribution in [0.4, 0.5) is 32.0 Å². The summed E-state index contributed by atoms with van der Waals surface area (Å²) in [6.07, 6.45) is -11.2. The molecule has 30 heavy (non-hydrogen) atoms. The lowest BCUT2D eigenvalue weighted by Crippen LogP contribution is -2.53. The van der Waals surface area contributed by atoms with E-state index in [1.807, 2.05) is 0 Å². The van der Waals surface area contributed by atoms with Crippen molar-refractivity contribution in [2.75, 3.05) is 11.6 Å². The van der Waals surface area contributed by atoms with Crippen molar-refractivity contribution >= 4 is 21.4 Å². The van der Waals surface area contributed by atoms with E-state index in [9.17, 15) is 44.7 Å². The van der Waals surface area contributed by atoms with Gasteiger partial charge < -0.3 is 10.4 Å². The Morgan fingerprint density at radius 3 is 1.83 bits per heavy atom. The molecule has 0 heterocycles. The molecule has 0 fully saturated rings. The summed E-state index contributed by atoms with van der Waals surface area (Å²) in [6.45, 7) is 1.16. The monoisotopic (exact) mass is 455 g/mol. The second-order valence-electron chi connectivity index (χ2n) is 6.44. The molecule has 0 aliphatic heterocycles. The quantitative estimate of drug-likeness (QED) is 0.682. The summed E-state index contributed by atoms with van der Waals surface area (Å²) in [5, 5.41) is 11.9. The minimum Gasteiger partial charge on any atom is -0.369 e. The summed E-state index contributed by atoms with van der Waals surface area (Å²) < 4.78 is 102. The van der Waals surface area contributed by atoms with Crippen molar-refractivity contribution < 1.29 is 44.7 Å². The van der Waals surface area contributed by atoms with Gasteiger partial charge in [-0.2, -0.15) is 26.3 Å². The van der Waals surface area contributed by atoms with Crippen LogP contribution in [0.1, 0.15) is 12.5 Å². The third-order valence-corrected chi connectivity index (χ3v) is 5.27. The number of amides is 1. The Morgan fingerprint density at radius 2 is 1.43 bits per heavy atom. The standard InChI is InChI=1S/C18H15F6NO4S/c1-10(26)25-15-8-7-13(30(2,28)29)9-14(15)11-3-5-12(6-4-11)16(27,17(19,20)21)18(22,23)24/h3-9,27H,1-2H3,(H,25,26). The Hall–Kier alpha value is -2.60. The van der Waals surface area contributed by atoms with E-state index >= 15 is 0 Å². The van der Waals surface area contributed by atoms with Gasteiger partial charge in [0.1, 0.15) is 0 Å². The van der Waals surface area contributed by atoms with Gasteiger partial charge in [-0.15, -0.1) is 0 Å². The molecule has 0 spiro atoms. The molecular formula is C18H15F6NO4S. The van der Waals surface area contributed by atoms with Gasteiger partial charge in [-0.3, -0.25) is 4.79 Å². The predicted octanol–water partition coefficient (Wildman–Crippen LogP) is 4.03. The maximum atomic E-state index is 13.0. The van der Waals surface area contributed by atoms with Crippen LogP contribution in [0.2, 0.25) is 0 Å². The van der Waals surface area contributed by atoms with Crippen LogP contribution in [0.15, 0.2) is 47.4 Å². The van der Waals surface area contributed by atoms with E-state index in [4.69, 9.17) is 0 Å². The third kappa shape index (κ3) is 4.43. The average Bonchev–Trinajstić information content (AvgIpc) is 2.58. The minimum absolute atomic E-state index is 0.0136. The van der Waals surface area contributed by atoms with Crippen LogP contribution in [-0.2, 0) is 20.2 Å². The topological polar surface area (TPSA) is 83.5 Å². The third-order valence-electron chi connectivity index (χ3n) is 4.16. The number of halogens is 6. The molecule has 164 valence electrons. The van der Waals surface area contributed by atoms with Crippen LogP contribution in [-0.4, -0.2) is 38.0 Å². The Morgan fingerprint density at radius 1 is 0.933 bits per heavy atom. The number of anilines is 1. The lowest BCUT2D eigenvalue weighted by Gasteiger charge is -2.32. The highest BCUT2D eigenvalue weighted by Gasteiger charge is 2.71. The number of benzene rings is 2. The molecule has 2 aromatic rings. The zero-order valence-electron chi connectivity index (χ0n) is 15.4. The molecule has 0 radical (unpaired) electrons. The van der Waals surface area contributed by atoms with E-state index in [2.05, 4.69) is 5.32 Å². The van der Waals surface area contributed by atoms with Gasteiger partial charge in [0, 0.05) is 30.0 Å². The van der Waals surface area contributed by atoms with Gasteiger partial charge in [0.05, 0.1) is 4.90 Å². The van der Waals surface area contributed by atoms with Crippen LogP contribution in [0.25, 0.3) is 11.1 Å². The Labute approximate surface area is 167 Å². The van der Waals surface area contributed by atoms with Crippen LogP contribution in [0, 0.1) is 0 Å². The lowest BCUT2D eigenvalue weighted by molar-refractivity contribution is -0.376. The number of sulfone groups is 1. The fourth-order valence-electron chi connectivity index (χ4n) is 2.67. The number of alkyl halides is 6. The van der Waals surface area contributed by atoms with Gasteiger partial charge in [-0.1, -0.05) is 24.3 Å². The molecule has 0 bridgehead atoms. The number of hydrogen-bond donors (Lipinski definition) is 2. The minimum atomic E-state index is -6.04. The van der Waals surface area contributed by atoms with Crippen LogP contribution in [0.5, 0.6) is 0 Å². The lowest BCUT2D eigenvalue weighted by atomic mass is 9.90. The van der Waals surface area contributed by atoms with Gasteiger partial charge in [0.15, 0.2) is 9.84 Å². The number of carbonyl (C=O) groups excluding carboxylic acids is 1. The molecule has 12 heteroatoms. The van der Waals surface area contributed by atoms with E-state index in [-0.39, 0.29) is 21.7 Å². The first kappa shape index (κ1) is 23.7. The molecule has 0 aliphatic rings. The molecule has 2 rings (SSSR count). The highest BCUT2D eigenvalue weighted by molar-refractivity contribution is 7.90. The second kappa shape index (κ2) is 7.58. The summed E-state index contributed by atoms with van der Waals surface area (Å²) in [6, 6.07) is 6.11. The summed E-state index contributed by atoms with van der Waals surface area (Å²) >= 11 is 0. The summed E-state index contributed by atoms with van der Waals surface area (Å²) in [5.74, 6) is -0.538. The second-order valence-corrected chi connectivity index (χ2v) is 8.46. The van der Waals surface area contributed by atoms with E-state index in [0.29, 0.717) is 12.1 Å². The summed E-state index contributed by atoms with van der Waals surface area (Å²) in [5.41, 5.74) is -6.41. The van der Waals surface area contributed by atoms with E-state index in [0.717, 1.165) is 31.4 Å². The zero-order chi connectivity index (χ0) is 23.1. The molecule has 1 amide bonds. The molecule has 0 aromatic heterocycles. The van der Waals surface area contributed by atoms with Crippen molar-refractivity contribution in [2.24, 2.45) is 0 Å². The van der Waals surface area contributed by atoms with Crippen molar-refractivity contribution in [1.82, 2.24) is 0 Å². The number of nitrogens with one attached hydrogen (secondary N) is 1. The molecule has 0 atom stereocenters. The maximum Gasteiger partial charge on any atom is 0.430 e. The molecule has 5 nitrogen and oxygen atoms in total. The van der Waals surface area contributed by atoms with Crippen molar-refractivity contribution in [1.29, 1.82) is 0 Å². The number of rotatable bonds is 4. The smallest absolute Gasteiger partial charge is 0.369 e. The predicted molar refractivity (Wildman–Crippen MR) is 95.3 cm³/mol. The number of carbonyl (C=O) groups is 1. The van der Waals surface area contributed by atoms with Crippen molar-refractivity contribution in [3.05, 3.63) is 48.0 Å². The first-order valence-electron chi connectivity index (χ1n) is 8.07. The average molecular weight is 455 g/mol. The van der Waals surface area contributed by atoms with E-state index in [1.54, 1.807) is 0 Å². The highest BCUT2D eigenvalue weighted by atomic mass is 32.2. The number of aliphatic hydroxyl groups is 1. The molecule has 2 N–H and O–H groups in total. The molecule has 0 unspecified atom stereocenters. The summed E-state index contributed by atoms with van der Waals surface area (Å²) in [4.78, 5) is 11.2. The molecular weight excluding hydrogens is 440 g/mol. The number of hydrogen-bond acceptors (Lipinski definition) is 4. The normalized spacial score (nSPS) is 13.2. The highest BCUT2D eigenvalue weighted by Crippen LogP contribution is 2.50. The van der Waals surface area contributed by atoms with Crippen molar-refractivity contribution in [2.45, 2.75) is 29.8 Å². The zero-order valence-corrected chi connectivity index (χ0v) is 16.2. The Balaban J connectivity index is 2.66. The van der Waals surface area contributed by atoms with Gasteiger partial charge in [-0.05, 0) is 23.8 Å². The van der Waals surface area contributed by atoms with Crippen LogP contribution < -0.4 is 5.32 Å². The van der Waals surface area contributed by atoms with Crippen LogP contribution >= 0.6 is 0 Å². The maximum absolute atomic E-state index is 13.0. The fourth-order valence-corrected chi connectivity index (χ4v) is 3.32. The van der Waals surface area contributed by atoms with Crippen LogP contribution in [0.3, 0.4) is 0 Å². The SMILES string of the molecule is CC(=O)Nc1ccc(S(C)(=O)=O)cc1-c1ccc(C(O)(C(F)(F)F)C(F)(F)F)cc1. The molecule has 2 aromatic carbocycles. The van der Waals surface area contributed by atoms with E-state index in [1.165, 1.54) is 12.1 Å². The Bertz CT molecular complexity index is 1050. The van der Waals surface area contributed by atoms with Gasteiger partial charge in [-0.25, -0.2) is 8.42 Å². The first-order chi connectivity index (χ1) is 13.5. The van der Waals surface area contributed by atoms with Gasteiger partial charge in [0.2, 0.25) is 5.91 Å². The Kier molecular flexibility index (Phi) is 5.98. The molecule has 0 saturated heterocycles. The van der Waals surface area contributed by atoms with Crippen molar-refractivity contribution in [3.8, 4) is 11.1 Å².